The third kappa shape index (κ3) is 2.22. The predicted molar refractivity (Wildman–Crippen MR) is 44.6 cm³/mol. The normalized spacial score (nSPS) is 11.4. The molecule has 0 unspecified atom stereocenters. The minimum Gasteiger partial charge on any atom is -0.258 e. The van der Waals surface area contributed by atoms with Crippen LogP contribution in [-0.4, -0.2) is 4.92 Å². The number of rotatable bonds is 1. The van der Waals surface area contributed by atoms with Crippen molar-refractivity contribution in [2.45, 2.75) is 6.18 Å². The van der Waals surface area contributed by atoms with Crippen LogP contribution in [0.3, 0.4) is 0 Å². The smallest absolute Gasteiger partial charge is 0.258 e. The summed E-state index contributed by atoms with van der Waals surface area (Å²) in [6, 6.07) is 3.41. The van der Waals surface area contributed by atoms with Crippen molar-refractivity contribution in [3.05, 3.63) is 38.3 Å². The molecule has 0 atom stereocenters. The van der Waals surface area contributed by atoms with E-state index < -0.39 is 22.4 Å². The quantitative estimate of drug-likeness (QED) is 0.580. The molecule has 0 saturated carbocycles. The second-order valence-electron chi connectivity index (χ2n) is 2.33. The topological polar surface area (TPSA) is 43.1 Å². The zero-order valence-electron chi connectivity index (χ0n) is 6.43. The van der Waals surface area contributed by atoms with Gasteiger partial charge >= 0.3 is 6.18 Å². The molecule has 0 aromatic heterocycles. The van der Waals surface area contributed by atoms with E-state index in [9.17, 15) is 23.3 Å². The molecule has 0 bridgehead atoms. The summed E-state index contributed by atoms with van der Waals surface area (Å²) in [6.45, 7) is 0. The lowest BCUT2D eigenvalue weighted by Crippen LogP contribution is -2.06. The molecule has 0 aliphatic heterocycles. The van der Waals surface area contributed by atoms with Crippen molar-refractivity contribution in [3.8, 4) is 0 Å². The van der Waals surface area contributed by atoms with Crippen molar-refractivity contribution < 1.29 is 18.1 Å². The highest BCUT2D eigenvalue weighted by atomic mass is 79.9. The molecular weight excluding hydrogens is 267 g/mol. The molecule has 0 aliphatic rings. The Morgan fingerprint density at radius 1 is 1.50 bits per heavy atom. The summed E-state index contributed by atoms with van der Waals surface area (Å²) in [4.78, 5) is 9.25. The van der Waals surface area contributed by atoms with E-state index in [1.165, 1.54) is 0 Å². The molecule has 0 saturated heterocycles. The molecule has 0 spiro atoms. The van der Waals surface area contributed by atoms with E-state index >= 15 is 0 Å². The first kappa shape index (κ1) is 11.0. The molecule has 0 N–H and O–H groups in total. The van der Waals surface area contributed by atoms with E-state index in [-0.39, 0.29) is 4.47 Å². The molecule has 0 heterocycles. The van der Waals surface area contributed by atoms with Crippen LogP contribution in [0.15, 0.2) is 16.6 Å². The standard InChI is InChI=1S/C7H2BrF3NO2/c8-6-2-1-4(12(13)14)3-5(6)7(9,10)11/h2-3H. The Morgan fingerprint density at radius 2 is 2.07 bits per heavy atom. The average Bonchev–Trinajstić information content (AvgIpc) is 2.02. The summed E-state index contributed by atoms with van der Waals surface area (Å²) < 4.78 is 36.4. The van der Waals surface area contributed by atoms with E-state index in [0.29, 0.717) is 6.07 Å². The highest BCUT2D eigenvalue weighted by Crippen LogP contribution is 2.36. The first-order chi connectivity index (χ1) is 6.32. The lowest BCUT2D eigenvalue weighted by molar-refractivity contribution is -0.385. The van der Waals surface area contributed by atoms with Crippen LogP contribution in [0.5, 0.6) is 0 Å². The molecule has 0 aliphatic carbocycles. The largest absolute Gasteiger partial charge is 0.417 e. The molecule has 1 radical (unpaired) electrons. The fourth-order valence-electron chi connectivity index (χ4n) is 0.785. The van der Waals surface area contributed by atoms with Gasteiger partial charge in [0.2, 0.25) is 0 Å². The molecule has 75 valence electrons. The van der Waals surface area contributed by atoms with Crippen molar-refractivity contribution in [3.63, 3.8) is 0 Å². The van der Waals surface area contributed by atoms with E-state index in [1.807, 2.05) is 0 Å². The van der Waals surface area contributed by atoms with Gasteiger partial charge in [-0.2, -0.15) is 13.2 Å². The van der Waals surface area contributed by atoms with Gasteiger partial charge in [0, 0.05) is 10.5 Å². The Morgan fingerprint density at radius 3 is 2.50 bits per heavy atom. The zero-order valence-corrected chi connectivity index (χ0v) is 8.02. The van der Waals surface area contributed by atoms with E-state index in [0.717, 1.165) is 6.07 Å². The van der Waals surface area contributed by atoms with Gasteiger partial charge in [-0.05, 0) is 6.07 Å². The molecule has 7 heteroatoms. The zero-order chi connectivity index (χ0) is 10.9. The Bertz CT molecular complexity index is 378. The monoisotopic (exact) mass is 268 g/mol. The lowest BCUT2D eigenvalue weighted by atomic mass is 10.2. The van der Waals surface area contributed by atoms with Crippen LogP contribution in [-0.2, 0) is 6.18 Å². The summed E-state index contributed by atoms with van der Waals surface area (Å²) in [5, 5.41) is 10.2. The first-order valence-corrected chi connectivity index (χ1v) is 4.04. The molecule has 14 heavy (non-hydrogen) atoms. The second-order valence-corrected chi connectivity index (χ2v) is 3.19. The lowest BCUT2D eigenvalue weighted by Gasteiger charge is -2.07. The number of nitro benzene ring substituents is 1. The Balaban J connectivity index is 3.29. The van der Waals surface area contributed by atoms with Crippen LogP contribution in [0.2, 0.25) is 0 Å². The predicted octanol–water partition coefficient (Wildman–Crippen LogP) is 3.18. The summed E-state index contributed by atoms with van der Waals surface area (Å²) in [7, 11) is 0. The molecule has 1 aromatic rings. The maximum absolute atomic E-state index is 12.2. The fraction of sp³-hybridized carbons (Fsp3) is 0.143. The minimum atomic E-state index is -4.61. The Hall–Kier alpha value is -1.11. The molecule has 1 aromatic carbocycles. The van der Waals surface area contributed by atoms with Gasteiger partial charge in [0.15, 0.2) is 0 Å². The number of benzene rings is 1. The maximum atomic E-state index is 12.2. The molecule has 3 nitrogen and oxygen atoms in total. The van der Waals surface area contributed by atoms with Crippen LogP contribution in [0.4, 0.5) is 18.9 Å². The van der Waals surface area contributed by atoms with Gasteiger partial charge < -0.3 is 0 Å². The number of hydrogen-bond donors (Lipinski definition) is 0. The van der Waals surface area contributed by atoms with Crippen molar-refractivity contribution in [2.24, 2.45) is 0 Å². The maximum Gasteiger partial charge on any atom is 0.417 e. The summed E-state index contributed by atoms with van der Waals surface area (Å²) >= 11 is 2.64. The van der Waals surface area contributed by atoms with Gasteiger partial charge in [-0.15, -0.1) is 0 Å². The number of nitro groups is 1. The van der Waals surface area contributed by atoms with Gasteiger partial charge in [0.05, 0.1) is 16.6 Å². The number of non-ortho nitro benzene ring substituents is 1. The van der Waals surface area contributed by atoms with Gasteiger partial charge in [-0.3, -0.25) is 10.1 Å². The Labute approximate surface area is 84.8 Å². The number of halogens is 4. The van der Waals surface area contributed by atoms with Crippen molar-refractivity contribution >= 4 is 21.6 Å². The summed E-state index contributed by atoms with van der Waals surface area (Å²) in [6.07, 6.45) is -4.61. The number of nitrogens with zero attached hydrogens (tertiary/aromatic N) is 1. The number of hydrogen-bond acceptors (Lipinski definition) is 2. The third-order valence-corrected chi connectivity index (χ3v) is 2.04. The summed E-state index contributed by atoms with van der Waals surface area (Å²) in [5.74, 6) is 0. The SMILES string of the molecule is O=[N+]([O-])c1[c]cc(Br)c(C(F)(F)F)c1. The fourth-order valence-corrected chi connectivity index (χ4v) is 1.24. The highest BCUT2D eigenvalue weighted by molar-refractivity contribution is 9.10. The van der Waals surface area contributed by atoms with E-state index in [1.54, 1.807) is 0 Å². The van der Waals surface area contributed by atoms with E-state index in [2.05, 4.69) is 22.0 Å². The molecule has 0 fully saturated rings. The highest BCUT2D eigenvalue weighted by Gasteiger charge is 2.34. The molecular formula is C7H2BrF3NO2. The molecule has 0 amide bonds. The van der Waals surface area contributed by atoms with Crippen LogP contribution in [0, 0.1) is 16.2 Å². The minimum absolute atomic E-state index is 0.268. The van der Waals surface area contributed by atoms with Crippen molar-refractivity contribution in [1.29, 1.82) is 0 Å². The van der Waals surface area contributed by atoms with Crippen LogP contribution in [0.1, 0.15) is 5.56 Å². The van der Waals surface area contributed by atoms with Crippen LogP contribution in [0.25, 0.3) is 0 Å². The second kappa shape index (κ2) is 3.56. The van der Waals surface area contributed by atoms with Gasteiger partial charge in [-0.25, -0.2) is 0 Å². The summed E-state index contributed by atoms with van der Waals surface area (Å²) in [5.41, 5.74) is -1.79. The average molecular weight is 269 g/mol. The van der Waals surface area contributed by atoms with Gasteiger partial charge in [0.25, 0.3) is 5.69 Å². The van der Waals surface area contributed by atoms with Crippen LogP contribution >= 0.6 is 15.9 Å². The molecule has 1 rings (SSSR count). The van der Waals surface area contributed by atoms with Crippen molar-refractivity contribution in [2.75, 3.05) is 0 Å². The third-order valence-electron chi connectivity index (χ3n) is 1.39. The van der Waals surface area contributed by atoms with E-state index in [4.69, 9.17) is 0 Å². The van der Waals surface area contributed by atoms with Crippen molar-refractivity contribution in [1.82, 2.24) is 0 Å². The number of alkyl halides is 3. The first-order valence-electron chi connectivity index (χ1n) is 3.25. The Kier molecular flexibility index (Phi) is 2.79. The van der Waals surface area contributed by atoms with Gasteiger partial charge in [-0.1, -0.05) is 15.9 Å². The van der Waals surface area contributed by atoms with Crippen LogP contribution < -0.4 is 0 Å². The van der Waals surface area contributed by atoms with Gasteiger partial charge in [0.1, 0.15) is 0 Å².